The predicted octanol–water partition coefficient (Wildman–Crippen LogP) is 2.02. The van der Waals surface area contributed by atoms with E-state index in [-0.39, 0.29) is 0 Å². The Morgan fingerprint density at radius 3 is 2.69 bits per heavy atom. The van der Waals surface area contributed by atoms with Gasteiger partial charge in [-0.3, -0.25) is 0 Å². The minimum atomic E-state index is 0.350. The predicted molar refractivity (Wildman–Crippen MR) is 64.1 cm³/mol. The fourth-order valence-electron chi connectivity index (χ4n) is 1.67. The van der Waals surface area contributed by atoms with Crippen LogP contribution in [0.15, 0.2) is 42.7 Å². The molecule has 0 radical (unpaired) electrons. The number of nitrogens with one attached hydrogen (secondary N) is 1. The van der Waals surface area contributed by atoms with Crippen molar-refractivity contribution in [2.24, 2.45) is 7.05 Å². The zero-order valence-corrected chi connectivity index (χ0v) is 9.35. The van der Waals surface area contributed by atoms with E-state index in [0.29, 0.717) is 12.3 Å². The van der Waals surface area contributed by atoms with Crippen molar-refractivity contribution in [1.29, 1.82) is 0 Å². The second-order valence-electron chi connectivity index (χ2n) is 3.92. The SMILES string of the molecule is Cn1ccc(CNCc2ccccc2O)c1. The van der Waals surface area contributed by atoms with Crippen molar-refractivity contribution in [2.45, 2.75) is 13.1 Å². The van der Waals surface area contributed by atoms with Gasteiger partial charge in [-0.2, -0.15) is 0 Å². The van der Waals surface area contributed by atoms with Crippen LogP contribution in [0.4, 0.5) is 0 Å². The van der Waals surface area contributed by atoms with Gasteiger partial charge in [-0.05, 0) is 17.7 Å². The molecule has 1 heterocycles. The number of hydrogen-bond acceptors (Lipinski definition) is 2. The first-order valence-corrected chi connectivity index (χ1v) is 5.34. The lowest BCUT2D eigenvalue weighted by molar-refractivity contribution is 0.464. The number of aryl methyl sites for hydroxylation is 1. The molecule has 0 saturated heterocycles. The normalized spacial score (nSPS) is 10.6. The number of rotatable bonds is 4. The van der Waals surface area contributed by atoms with E-state index in [0.717, 1.165) is 12.1 Å². The Labute approximate surface area is 95.3 Å². The summed E-state index contributed by atoms with van der Waals surface area (Å²) in [6.45, 7) is 1.50. The summed E-state index contributed by atoms with van der Waals surface area (Å²) in [5.74, 6) is 0.350. The van der Waals surface area contributed by atoms with Crippen LogP contribution in [0.3, 0.4) is 0 Å². The van der Waals surface area contributed by atoms with Crippen molar-refractivity contribution in [3.63, 3.8) is 0 Å². The number of benzene rings is 1. The van der Waals surface area contributed by atoms with Crippen molar-refractivity contribution in [3.8, 4) is 5.75 Å². The van der Waals surface area contributed by atoms with Crippen molar-refractivity contribution < 1.29 is 5.11 Å². The number of para-hydroxylation sites is 1. The van der Waals surface area contributed by atoms with Gasteiger partial charge < -0.3 is 15.0 Å². The van der Waals surface area contributed by atoms with E-state index >= 15 is 0 Å². The van der Waals surface area contributed by atoms with E-state index in [1.54, 1.807) is 6.07 Å². The van der Waals surface area contributed by atoms with Gasteiger partial charge in [-0.25, -0.2) is 0 Å². The third-order valence-electron chi connectivity index (χ3n) is 2.53. The second-order valence-corrected chi connectivity index (χ2v) is 3.92. The Kier molecular flexibility index (Phi) is 3.27. The van der Waals surface area contributed by atoms with Gasteiger partial charge in [0.15, 0.2) is 0 Å². The molecule has 0 unspecified atom stereocenters. The number of hydrogen-bond donors (Lipinski definition) is 2. The first-order valence-electron chi connectivity index (χ1n) is 5.34. The minimum absolute atomic E-state index is 0.350. The lowest BCUT2D eigenvalue weighted by Crippen LogP contribution is -2.12. The third kappa shape index (κ3) is 2.64. The maximum Gasteiger partial charge on any atom is 0.120 e. The zero-order valence-electron chi connectivity index (χ0n) is 9.35. The highest BCUT2D eigenvalue weighted by atomic mass is 16.3. The van der Waals surface area contributed by atoms with E-state index in [9.17, 15) is 5.11 Å². The average molecular weight is 216 g/mol. The number of phenols is 1. The fraction of sp³-hybridized carbons (Fsp3) is 0.231. The quantitative estimate of drug-likeness (QED) is 0.820. The smallest absolute Gasteiger partial charge is 0.120 e. The summed E-state index contributed by atoms with van der Waals surface area (Å²) in [4.78, 5) is 0. The molecular weight excluding hydrogens is 200 g/mol. The van der Waals surface area contributed by atoms with E-state index in [4.69, 9.17) is 0 Å². The molecule has 3 nitrogen and oxygen atoms in total. The van der Waals surface area contributed by atoms with Crippen LogP contribution in [0.2, 0.25) is 0 Å². The molecule has 0 spiro atoms. The maximum atomic E-state index is 9.57. The molecule has 16 heavy (non-hydrogen) atoms. The summed E-state index contributed by atoms with van der Waals surface area (Å²) in [6.07, 6.45) is 4.11. The number of aromatic nitrogens is 1. The lowest BCUT2D eigenvalue weighted by Gasteiger charge is -2.05. The molecule has 2 N–H and O–H groups in total. The van der Waals surface area contributed by atoms with E-state index < -0.39 is 0 Å². The lowest BCUT2D eigenvalue weighted by atomic mass is 10.2. The summed E-state index contributed by atoms with van der Waals surface area (Å²) < 4.78 is 2.02. The fourth-order valence-corrected chi connectivity index (χ4v) is 1.67. The minimum Gasteiger partial charge on any atom is -0.508 e. The van der Waals surface area contributed by atoms with E-state index in [1.165, 1.54) is 5.56 Å². The van der Waals surface area contributed by atoms with Crippen LogP contribution >= 0.6 is 0 Å². The summed E-state index contributed by atoms with van der Waals surface area (Å²) in [6, 6.07) is 9.47. The highest BCUT2D eigenvalue weighted by molar-refractivity contribution is 5.31. The van der Waals surface area contributed by atoms with Crippen LogP contribution in [0, 0.1) is 0 Å². The molecule has 84 valence electrons. The van der Waals surface area contributed by atoms with Crippen LogP contribution in [-0.2, 0) is 20.1 Å². The Morgan fingerprint density at radius 1 is 1.19 bits per heavy atom. The molecule has 2 rings (SSSR count). The van der Waals surface area contributed by atoms with Crippen LogP contribution < -0.4 is 5.32 Å². The van der Waals surface area contributed by atoms with Gasteiger partial charge in [-0.15, -0.1) is 0 Å². The number of nitrogens with zero attached hydrogens (tertiary/aromatic N) is 1. The second kappa shape index (κ2) is 4.86. The van der Waals surface area contributed by atoms with Gasteiger partial charge in [-0.1, -0.05) is 18.2 Å². The van der Waals surface area contributed by atoms with E-state index in [1.807, 2.05) is 36.0 Å². The third-order valence-corrected chi connectivity index (χ3v) is 2.53. The molecule has 0 atom stereocenters. The molecule has 1 aromatic heterocycles. The van der Waals surface area contributed by atoms with Crippen molar-refractivity contribution in [2.75, 3.05) is 0 Å². The number of aromatic hydroxyl groups is 1. The topological polar surface area (TPSA) is 37.2 Å². The summed E-state index contributed by atoms with van der Waals surface area (Å²) in [5.41, 5.74) is 2.18. The van der Waals surface area contributed by atoms with Gasteiger partial charge in [0.25, 0.3) is 0 Å². The van der Waals surface area contributed by atoms with Crippen LogP contribution in [0.1, 0.15) is 11.1 Å². The van der Waals surface area contributed by atoms with Crippen LogP contribution in [0.25, 0.3) is 0 Å². The van der Waals surface area contributed by atoms with Gasteiger partial charge in [0.2, 0.25) is 0 Å². The molecule has 0 bridgehead atoms. The van der Waals surface area contributed by atoms with Gasteiger partial charge in [0.05, 0.1) is 0 Å². The Balaban J connectivity index is 1.87. The summed E-state index contributed by atoms with van der Waals surface area (Å²) in [7, 11) is 2.01. The highest BCUT2D eigenvalue weighted by Crippen LogP contribution is 2.14. The summed E-state index contributed by atoms with van der Waals surface area (Å²) in [5, 5.41) is 12.9. The van der Waals surface area contributed by atoms with Crippen LogP contribution in [-0.4, -0.2) is 9.67 Å². The standard InChI is InChI=1S/C13H16N2O/c1-15-7-6-11(10-15)8-14-9-12-4-2-3-5-13(12)16/h2-7,10,14,16H,8-9H2,1H3. The molecule has 0 aliphatic rings. The molecule has 0 aliphatic heterocycles. The Hall–Kier alpha value is -1.74. The molecule has 0 fully saturated rings. The van der Waals surface area contributed by atoms with Gasteiger partial charge >= 0.3 is 0 Å². The monoisotopic (exact) mass is 216 g/mol. The molecule has 0 saturated carbocycles. The highest BCUT2D eigenvalue weighted by Gasteiger charge is 1.99. The Morgan fingerprint density at radius 2 is 2.00 bits per heavy atom. The molecule has 0 aliphatic carbocycles. The van der Waals surface area contributed by atoms with Crippen molar-refractivity contribution >= 4 is 0 Å². The number of phenolic OH excluding ortho intramolecular Hbond substituents is 1. The molecular formula is C13H16N2O. The molecule has 0 amide bonds. The molecule has 2 aromatic rings. The Bertz CT molecular complexity index is 462. The summed E-state index contributed by atoms with van der Waals surface area (Å²) >= 11 is 0. The van der Waals surface area contributed by atoms with Gasteiger partial charge in [0.1, 0.15) is 5.75 Å². The first-order chi connectivity index (χ1) is 7.75. The van der Waals surface area contributed by atoms with E-state index in [2.05, 4.69) is 17.6 Å². The average Bonchev–Trinajstić information content (AvgIpc) is 2.67. The largest absolute Gasteiger partial charge is 0.508 e. The first kappa shape index (κ1) is 10.8. The van der Waals surface area contributed by atoms with Gasteiger partial charge in [0, 0.05) is 38.1 Å². The van der Waals surface area contributed by atoms with Crippen molar-refractivity contribution in [3.05, 3.63) is 53.9 Å². The van der Waals surface area contributed by atoms with Crippen molar-refractivity contribution in [1.82, 2.24) is 9.88 Å². The molecule has 1 aromatic carbocycles. The van der Waals surface area contributed by atoms with Crippen LogP contribution in [0.5, 0.6) is 5.75 Å². The zero-order chi connectivity index (χ0) is 11.4. The maximum absolute atomic E-state index is 9.57. The molecule has 3 heteroatoms.